The third-order valence-electron chi connectivity index (χ3n) is 2.31. The van der Waals surface area contributed by atoms with Crippen LogP contribution < -0.4 is 10.1 Å². The van der Waals surface area contributed by atoms with Crippen molar-refractivity contribution in [2.45, 2.75) is 19.3 Å². The molecular weight excluding hydrogens is 225 g/mol. The number of ether oxygens (including phenoxy) is 1. The zero-order chi connectivity index (χ0) is 12.7. The quantitative estimate of drug-likeness (QED) is 0.720. The largest absolute Gasteiger partial charge is 0.497 e. The van der Waals surface area contributed by atoms with Crippen molar-refractivity contribution in [1.29, 1.82) is 0 Å². The van der Waals surface area contributed by atoms with Crippen LogP contribution in [0, 0.1) is 5.82 Å². The fourth-order valence-electron chi connectivity index (χ4n) is 1.39. The molecule has 5 heteroatoms. The number of nitrogens with one attached hydrogen (secondary N) is 1. The zero-order valence-corrected chi connectivity index (χ0v) is 9.70. The minimum atomic E-state index is -0.808. The number of hydrogen-bond acceptors (Lipinski definition) is 3. The third kappa shape index (κ3) is 4.72. The van der Waals surface area contributed by atoms with Crippen molar-refractivity contribution in [2.24, 2.45) is 0 Å². The van der Waals surface area contributed by atoms with Crippen LogP contribution in [0.1, 0.15) is 19.3 Å². The molecule has 17 heavy (non-hydrogen) atoms. The molecule has 0 unspecified atom stereocenters. The number of hydrogen-bond donors (Lipinski definition) is 2. The molecule has 0 aliphatic heterocycles. The van der Waals surface area contributed by atoms with Crippen molar-refractivity contribution in [3.8, 4) is 5.75 Å². The maximum absolute atomic E-state index is 13.3. The lowest BCUT2D eigenvalue weighted by Gasteiger charge is -2.08. The Kier molecular flexibility index (Phi) is 5.26. The van der Waals surface area contributed by atoms with E-state index in [2.05, 4.69) is 5.32 Å². The van der Waals surface area contributed by atoms with E-state index in [-0.39, 0.29) is 12.2 Å². The van der Waals surface area contributed by atoms with Gasteiger partial charge in [-0.15, -0.1) is 0 Å². The van der Waals surface area contributed by atoms with Gasteiger partial charge < -0.3 is 15.2 Å². The summed E-state index contributed by atoms with van der Waals surface area (Å²) < 4.78 is 18.3. The molecule has 0 amide bonds. The van der Waals surface area contributed by atoms with Crippen LogP contribution in [0.4, 0.5) is 10.1 Å². The normalized spacial score (nSPS) is 10.0. The Bertz CT molecular complexity index is 382. The molecule has 1 rings (SSSR count). The Morgan fingerprint density at radius 1 is 1.47 bits per heavy atom. The fraction of sp³-hybridized carbons (Fsp3) is 0.417. The number of carboxylic acid groups (broad SMARTS) is 1. The lowest BCUT2D eigenvalue weighted by Crippen LogP contribution is -2.05. The first-order chi connectivity index (χ1) is 8.13. The van der Waals surface area contributed by atoms with Gasteiger partial charge in [-0.25, -0.2) is 4.39 Å². The Hall–Kier alpha value is -1.78. The molecule has 0 aromatic heterocycles. The highest BCUT2D eigenvalue weighted by Gasteiger charge is 2.03. The summed E-state index contributed by atoms with van der Waals surface area (Å²) in [5.41, 5.74) is 0.375. The average molecular weight is 241 g/mol. The molecule has 2 N–H and O–H groups in total. The van der Waals surface area contributed by atoms with Gasteiger partial charge in [-0.2, -0.15) is 0 Å². The predicted octanol–water partition coefficient (Wildman–Crippen LogP) is 2.50. The summed E-state index contributed by atoms with van der Waals surface area (Å²) in [7, 11) is 1.52. The van der Waals surface area contributed by atoms with Gasteiger partial charge in [0, 0.05) is 19.0 Å². The summed E-state index contributed by atoms with van der Waals surface area (Å²) in [6.07, 6.45) is 1.40. The number of unbranched alkanes of at least 4 members (excludes halogenated alkanes) is 1. The number of methoxy groups -OCH3 is 1. The molecule has 0 saturated heterocycles. The van der Waals surface area contributed by atoms with Crippen LogP contribution in [0.2, 0.25) is 0 Å². The van der Waals surface area contributed by atoms with Crippen molar-refractivity contribution < 1.29 is 19.0 Å². The summed E-state index contributed by atoms with van der Waals surface area (Å²) in [6.45, 7) is 0.539. The van der Waals surface area contributed by atoms with Gasteiger partial charge in [0.1, 0.15) is 11.6 Å². The minimum absolute atomic E-state index is 0.141. The highest BCUT2D eigenvalue weighted by atomic mass is 19.1. The maximum Gasteiger partial charge on any atom is 0.303 e. The summed E-state index contributed by atoms with van der Waals surface area (Å²) >= 11 is 0. The number of anilines is 1. The van der Waals surface area contributed by atoms with Crippen LogP contribution >= 0.6 is 0 Å². The van der Waals surface area contributed by atoms with Gasteiger partial charge in [0.25, 0.3) is 0 Å². The molecular formula is C12H16FNO3. The van der Waals surface area contributed by atoms with Crippen LogP contribution in [-0.2, 0) is 4.79 Å². The molecule has 1 aromatic rings. The van der Waals surface area contributed by atoms with Crippen LogP contribution in [0.15, 0.2) is 18.2 Å². The molecule has 0 spiro atoms. The summed E-state index contributed by atoms with van der Waals surface area (Å²) in [5, 5.41) is 11.4. The number of rotatable bonds is 7. The highest BCUT2D eigenvalue weighted by molar-refractivity contribution is 5.66. The predicted molar refractivity (Wildman–Crippen MR) is 62.9 cm³/mol. The van der Waals surface area contributed by atoms with Crippen LogP contribution in [0.5, 0.6) is 5.75 Å². The van der Waals surface area contributed by atoms with E-state index in [1.807, 2.05) is 0 Å². The molecule has 0 heterocycles. The number of carboxylic acids is 1. The van der Waals surface area contributed by atoms with Crippen LogP contribution in [0.3, 0.4) is 0 Å². The van der Waals surface area contributed by atoms with Crippen molar-refractivity contribution >= 4 is 11.7 Å². The number of carbonyl (C=O) groups is 1. The second-order valence-electron chi connectivity index (χ2n) is 3.62. The fourth-order valence-corrected chi connectivity index (χ4v) is 1.39. The summed E-state index contributed by atoms with van der Waals surface area (Å²) in [6, 6.07) is 4.45. The third-order valence-corrected chi connectivity index (χ3v) is 2.31. The second-order valence-corrected chi connectivity index (χ2v) is 3.62. The standard InChI is InChI=1S/C12H16FNO3/c1-17-9-5-6-10(13)11(8-9)14-7-3-2-4-12(15)16/h5-6,8,14H,2-4,7H2,1H3,(H,15,16). The number of aliphatic carboxylic acids is 1. The van der Waals surface area contributed by atoms with Gasteiger partial charge in [0.05, 0.1) is 12.8 Å². The van der Waals surface area contributed by atoms with Crippen molar-refractivity contribution in [2.75, 3.05) is 19.0 Å². The van der Waals surface area contributed by atoms with Crippen molar-refractivity contribution in [3.63, 3.8) is 0 Å². The Morgan fingerprint density at radius 2 is 2.24 bits per heavy atom. The molecule has 0 aliphatic rings. The van der Waals surface area contributed by atoms with E-state index in [1.165, 1.54) is 13.2 Å². The molecule has 4 nitrogen and oxygen atoms in total. The maximum atomic E-state index is 13.3. The van der Waals surface area contributed by atoms with Gasteiger partial charge in [0.15, 0.2) is 0 Å². The van der Waals surface area contributed by atoms with Gasteiger partial charge in [-0.1, -0.05) is 0 Å². The smallest absolute Gasteiger partial charge is 0.303 e. The van der Waals surface area contributed by atoms with Crippen LogP contribution in [-0.4, -0.2) is 24.7 Å². The molecule has 0 bridgehead atoms. The average Bonchev–Trinajstić information content (AvgIpc) is 2.30. The van der Waals surface area contributed by atoms with E-state index in [4.69, 9.17) is 9.84 Å². The molecule has 0 aliphatic carbocycles. The molecule has 0 radical (unpaired) electrons. The molecule has 1 aromatic carbocycles. The van der Waals surface area contributed by atoms with E-state index in [0.717, 1.165) is 0 Å². The van der Waals surface area contributed by atoms with Crippen molar-refractivity contribution in [3.05, 3.63) is 24.0 Å². The Labute approximate surface area is 99.4 Å². The topological polar surface area (TPSA) is 58.6 Å². The Morgan fingerprint density at radius 3 is 2.88 bits per heavy atom. The molecule has 0 fully saturated rings. The lowest BCUT2D eigenvalue weighted by molar-refractivity contribution is -0.137. The minimum Gasteiger partial charge on any atom is -0.497 e. The Balaban J connectivity index is 2.38. The zero-order valence-electron chi connectivity index (χ0n) is 9.70. The molecule has 0 atom stereocenters. The van der Waals surface area contributed by atoms with E-state index in [9.17, 15) is 9.18 Å². The van der Waals surface area contributed by atoms with Gasteiger partial charge in [-0.05, 0) is 25.0 Å². The summed E-state index contributed by atoms with van der Waals surface area (Å²) in [4.78, 5) is 10.3. The number of halogens is 1. The van der Waals surface area contributed by atoms with E-state index >= 15 is 0 Å². The highest BCUT2D eigenvalue weighted by Crippen LogP contribution is 2.20. The molecule has 94 valence electrons. The monoisotopic (exact) mass is 241 g/mol. The van der Waals surface area contributed by atoms with Crippen molar-refractivity contribution in [1.82, 2.24) is 0 Å². The van der Waals surface area contributed by atoms with E-state index in [1.54, 1.807) is 12.1 Å². The van der Waals surface area contributed by atoms with E-state index < -0.39 is 5.97 Å². The molecule has 0 saturated carbocycles. The van der Waals surface area contributed by atoms with E-state index in [0.29, 0.717) is 30.8 Å². The van der Waals surface area contributed by atoms with Gasteiger partial charge in [-0.3, -0.25) is 4.79 Å². The first-order valence-electron chi connectivity index (χ1n) is 5.42. The first kappa shape index (κ1) is 13.3. The lowest BCUT2D eigenvalue weighted by atomic mass is 10.2. The number of benzene rings is 1. The van der Waals surface area contributed by atoms with Gasteiger partial charge >= 0.3 is 5.97 Å². The summed E-state index contributed by atoms with van der Waals surface area (Å²) in [5.74, 6) is -0.568. The SMILES string of the molecule is COc1ccc(F)c(NCCCCC(=O)O)c1. The van der Waals surface area contributed by atoms with Gasteiger partial charge in [0.2, 0.25) is 0 Å². The van der Waals surface area contributed by atoms with Crippen LogP contribution in [0.25, 0.3) is 0 Å². The first-order valence-corrected chi connectivity index (χ1v) is 5.42. The second kappa shape index (κ2) is 6.73.